The first-order valence-corrected chi connectivity index (χ1v) is 7.24. The molecule has 1 heterocycles. The number of anilines is 1. The van der Waals surface area contributed by atoms with Gasteiger partial charge in [-0.1, -0.05) is 24.3 Å². The average Bonchev–Trinajstić information content (AvgIpc) is 2.52. The molecule has 2 aromatic carbocycles. The monoisotopic (exact) mass is 333 g/mol. The van der Waals surface area contributed by atoms with Gasteiger partial charge in [0.1, 0.15) is 12.4 Å². The highest BCUT2D eigenvalue weighted by atomic mass is 19.4. The molecule has 0 fully saturated rings. The largest absolute Gasteiger partial charge is 0.405 e. The van der Waals surface area contributed by atoms with E-state index in [9.17, 15) is 18.0 Å². The van der Waals surface area contributed by atoms with Crippen molar-refractivity contribution in [3.63, 3.8) is 0 Å². The number of halogens is 3. The molecule has 0 aliphatic heterocycles. The maximum atomic E-state index is 12.5. The molecular weight excluding hydrogens is 319 g/mol. The minimum absolute atomic E-state index is 0.0699. The average molecular weight is 333 g/mol. The van der Waals surface area contributed by atoms with E-state index in [1.54, 1.807) is 42.5 Å². The Morgan fingerprint density at radius 1 is 1.12 bits per heavy atom. The maximum absolute atomic E-state index is 12.5. The summed E-state index contributed by atoms with van der Waals surface area (Å²) in [6, 6.07) is 14.0. The molecule has 0 aliphatic rings. The summed E-state index contributed by atoms with van der Waals surface area (Å²) in [6.07, 6.45) is -4.40. The molecule has 3 aromatic rings. The molecule has 0 atom stereocenters. The predicted octanol–water partition coefficient (Wildman–Crippen LogP) is 3.67. The lowest BCUT2D eigenvalue weighted by Gasteiger charge is -2.15. The van der Waals surface area contributed by atoms with Gasteiger partial charge in [-0.15, -0.1) is 0 Å². The van der Waals surface area contributed by atoms with Crippen LogP contribution in [0.5, 0.6) is 0 Å². The lowest BCUT2D eigenvalue weighted by Crippen LogP contribution is -2.27. The Bertz CT molecular complexity index is 933. The number of benzene rings is 2. The number of fused-ring (bicyclic) bond motifs is 1. The topological polar surface area (TPSA) is 46.9 Å². The molecular formula is C17H14F3N3O. The molecule has 1 N–H and O–H groups in total. The molecule has 24 heavy (non-hydrogen) atoms. The van der Waals surface area contributed by atoms with Crippen LogP contribution in [0, 0.1) is 6.92 Å². The summed E-state index contributed by atoms with van der Waals surface area (Å²) >= 11 is 0. The Kier molecular flexibility index (Phi) is 4.01. The Hall–Kier alpha value is -2.83. The van der Waals surface area contributed by atoms with E-state index < -0.39 is 18.4 Å². The summed E-state index contributed by atoms with van der Waals surface area (Å²) in [4.78, 5) is 16.2. The molecule has 0 saturated carbocycles. The number of aryl methyl sites for hydroxylation is 1. The van der Waals surface area contributed by atoms with Gasteiger partial charge in [0, 0.05) is 5.39 Å². The summed E-state index contributed by atoms with van der Waals surface area (Å²) in [5, 5.41) is 2.67. The van der Waals surface area contributed by atoms with E-state index in [1.807, 2.05) is 13.0 Å². The summed E-state index contributed by atoms with van der Waals surface area (Å²) < 4.78 is 38.8. The molecule has 0 radical (unpaired) electrons. The van der Waals surface area contributed by atoms with E-state index in [-0.39, 0.29) is 5.82 Å². The number of hydrogen-bond acceptors (Lipinski definition) is 3. The predicted molar refractivity (Wildman–Crippen MR) is 86.6 cm³/mol. The molecule has 0 spiro atoms. The van der Waals surface area contributed by atoms with E-state index in [0.29, 0.717) is 16.6 Å². The molecule has 0 unspecified atom stereocenters. The molecule has 1 aromatic heterocycles. The minimum Gasteiger partial charge on any atom is -0.360 e. The van der Waals surface area contributed by atoms with Crippen molar-refractivity contribution >= 4 is 16.7 Å². The Balaban J connectivity index is 2.23. The first-order chi connectivity index (χ1) is 11.3. The van der Waals surface area contributed by atoms with Crippen LogP contribution in [0.3, 0.4) is 0 Å². The molecule has 0 aliphatic carbocycles. The third-order valence-electron chi connectivity index (χ3n) is 3.52. The van der Waals surface area contributed by atoms with Gasteiger partial charge in [-0.05, 0) is 36.8 Å². The highest BCUT2D eigenvalue weighted by Crippen LogP contribution is 2.24. The van der Waals surface area contributed by atoms with Crippen LogP contribution in [-0.4, -0.2) is 22.3 Å². The van der Waals surface area contributed by atoms with Crippen LogP contribution in [0.4, 0.5) is 19.0 Å². The number of nitrogens with zero attached hydrogens (tertiary/aromatic N) is 2. The van der Waals surface area contributed by atoms with Crippen LogP contribution in [0.15, 0.2) is 53.3 Å². The van der Waals surface area contributed by atoms with Gasteiger partial charge in [0.15, 0.2) is 0 Å². The van der Waals surface area contributed by atoms with Gasteiger partial charge in [-0.2, -0.15) is 18.2 Å². The van der Waals surface area contributed by atoms with E-state index in [1.165, 1.54) is 4.57 Å². The second-order valence-corrected chi connectivity index (χ2v) is 5.40. The normalized spacial score (nSPS) is 11.7. The highest BCUT2D eigenvalue weighted by molar-refractivity contribution is 5.90. The van der Waals surface area contributed by atoms with Crippen LogP contribution in [0.1, 0.15) is 5.56 Å². The maximum Gasteiger partial charge on any atom is 0.405 e. The molecule has 124 valence electrons. The van der Waals surface area contributed by atoms with Crippen molar-refractivity contribution in [2.24, 2.45) is 0 Å². The lowest BCUT2D eigenvalue weighted by atomic mass is 10.1. The third kappa shape index (κ3) is 3.24. The van der Waals surface area contributed by atoms with Gasteiger partial charge in [-0.3, -0.25) is 4.57 Å². The zero-order chi connectivity index (χ0) is 17.3. The molecule has 0 amide bonds. The standard InChI is InChI=1S/C17H14F3N3O/c1-11-7-8-13-14(9-11)23(12-5-3-2-4-6-12)16(24)22-15(13)21-10-17(18,19)20/h2-9H,10H2,1H3,(H,21,22,24). The fourth-order valence-electron chi connectivity index (χ4n) is 2.48. The molecule has 0 bridgehead atoms. The van der Waals surface area contributed by atoms with Crippen molar-refractivity contribution in [1.82, 2.24) is 9.55 Å². The van der Waals surface area contributed by atoms with Gasteiger partial charge in [0.2, 0.25) is 0 Å². The van der Waals surface area contributed by atoms with E-state index in [0.717, 1.165) is 5.56 Å². The lowest BCUT2D eigenvalue weighted by molar-refractivity contribution is -0.115. The van der Waals surface area contributed by atoms with Crippen molar-refractivity contribution in [3.05, 3.63) is 64.6 Å². The van der Waals surface area contributed by atoms with Crippen molar-refractivity contribution in [3.8, 4) is 5.69 Å². The zero-order valence-electron chi connectivity index (χ0n) is 12.8. The molecule has 4 nitrogen and oxygen atoms in total. The molecule has 7 heteroatoms. The Morgan fingerprint density at radius 3 is 2.50 bits per heavy atom. The number of nitrogens with one attached hydrogen (secondary N) is 1. The van der Waals surface area contributed by atoms with Crippen LogP contribution in [-0.2, 0) is 0 Å². The van der Waals surface area contributed by atoms with E-state index in [2.05, 4.69) is 10.3 Å². The highest BCUT2D eigenvalue weighted by Gasteiger charge is 2.27. The van der Waals surface area contributed by atoms with E-state index in [4.69, 9.17) is 0 Å². The van der Waals surface area contributed by atoms with Gasteiger partial charge in [0.05, 0.1) is 11.2 Å². The Morgan fingerprint density at radius 2 is 1.83 bits per heavy atom. The smallest absolute Gasteiger partial charge is 0.360 e. The zero-order valence-corrected chi connectivity index (χ0v) is 12.8. The number of alkyl halides is 3. The number of rotatable bonds is 3. The third-order valence-corrected chi connectivity index (χ3v) is 3.52. The minimum atomic E-state index is -4.40. The van der Waals surface area contributed by atoms with Gasteiger partial charge in [0.25, 0.3) is 0 Å². The molecule has 0 saturated heterocycles. The van der Waals surface area contributed by atoms with Gasteiger partial charge >= 0.3 is 11.9 Å². The summed E-state index contributed by atoms with van der Waals surface area (Å²) in [5.74, 6) is -0.0699. The van der Waals surface area contributed by atoms with Gasteiger partial charge in [-0.25, -0.2) is 4.79 Å². The van der Waals surface area contributed by atoms with Crippen molar-refractivity contribution in [1.29, 1.82) is 0 Å². The quantitative estimate of drug-likeness (QED) is 0.795. The van der Waals surface area contributed by atoms with Crippen molar-refractivity contribution < 1.29 is 13.2 Å². The SMILES string of the molecule is Cc1ccc2c(NCC(F)(F)F)nc(=O)n(-c3ccccc3)c2c1. The second kappa shape index (κ2) is 5.99. The van der Waals surface area contributed by atoms with Crippen LogP contribution >= 0.6 is 0 Å². The fourth-order valence-corrected chi connectivity index (χ4v) is 2.48. The van der Waals surface area contributed by atoms with Crippen molar-refractivity contribution in [2.45, 2.75) is 13.1 Å². The summed E-state index contributed by atoms with van der Waals surface area (Å²) in [6.45, 7) is 0.597. The molecule has 3 rings (SSSR count). The number of aromatic nitrogens is 2. The van der Waals surface area contributed by atoms with Crippen LogP contribution < -0.4 is 11.0 Å². The first kappa shape index (κ1) is 16.0. The van der Waals surface area contributed by atoms with Crippen LogP contribution in [0.2, 0.25) is 0 Å². The van der Waals surface area contributed by atoms with Gasteiger partial charge < -0.3 is 5.32 Å². The Labute approximate surface area is 135 Å². The summed E-state index contributed by atoms with van der Waals surface area (Å²) in [7, 11) is 0. The summed E-state index contributed by atoms with van der Waals surface area (Å²) in [5.41, 5.74) is 1.36. The van der Waals surface area contributed by atoms with Crippen LogP contribution in [0.25, 0.3) is 16.6 Å². The number of para-hydroxylation sites is 1. The first-order valence-electron chi connectivity index (χ1n) is 7.24. The second-order valence-electron chi connectivity index (χ2n) is 5.40. The fraction of sp³-hybridized carbons (Fsp3) is 0.176. The van der Waals surface area contributed by atoms with E-state index >= 15 is 0 Å². The van der Waals surface area contributed by atoms with Crippen molar-refractivity contribution in [2.75, 3.05) is 11.9 Å². The number of hydrogen-bond donors (Lipinski definition) is 1.